The van der Waals surface area contributed by atoms with Crippen molar-refractivity contribution >= 4 is 23.5 Å². The first-order valence-electron chi connectivity index (χ1n) is 5.39. The van der Waals surface area contributed by atoms with E-state index in [1.165, 1.54) is 19.4 Å². The van der Waals surface area contributed by atoms with Crippen molar-refractivity contribution in [3.63, 3.8) is 0 Å². The number of amides is 1. The average molecular weight is 282 g/mol. The molecule has 0 aliphatic rings. The first-order chi connectivity index (χ1) is 9.01. The van der Waals surface area contributed by atoms with Gasteiger partial charge in [0, 0.05) is 18.8 Å². The highest BCUT2D eigenvalue weighted by atomic mass is 35.5. The molecule has 2 aromatic heterocycles. The van der Waals surface area contributed by atoms with E-state index in [1.54, 1.807) is 18.7 Å². The maximum atomic E-state index is 12.0. The molecule has 8 heteroatoms. The normalized spacial score (nSPS) is 10.3. The fraction of sp³-hybridized carbons (Fsp3) is 0.273. The van der Waals surface area contributed by atoms with Gasteiger partial charge in [-0.2, -0.15) is 10.1 Å². The van der Waals surface area contributed by atoms with Gasteiger partial charge in [-0.25, -0.2) is 4.98 Å². The van der Waals surface area contributed by atoms with Crippen molar-refractivity contribution in [1.29, 1.82) is 0 Å². The zero-order valence-corrected chi connectivity index (χ0v) is 11.4. The van der Waals surface area contributed by atoms with E-state index in [-0.39, 0.29) is 22.9 Å². The van der Waals surface area contributed by atoms with Gasteiger partial charge in [0.1, 0.15) is 5.15 Å². The van der Waals surface area contributed by atoms with Gasteiger partial charge in [-0.05, 0) is 6.92 Å². The Hall–Kier alpha value is -2.15. The minimum atomic E-state index is -0.352. The Labute approximate surface area is 114 Å². The summed E-state index contributed by atoms with van der Waals surface area (Å²) in [4.78, 5) is 19.9. The molecule has 2 aromatic rings. The molecule has 1 amide bonds. The molecule has 7 nitrogen and oxygen atoms in total. The summed E-state index contributed by atoms with van der Waals surface area (Å²) in [5.74, 6) is 0.00531. The number of hydrogen-bond acceptors (Lipinski definition) is 5. The van der Waals surface area contributed by atoms with Gasteiger partial charge in [0.25, 0.3) is 5.91 Å². The zero-order valence-electron chi connectivity index (χ0n) is 10.6. The molecule has 0 atom stereocenters. The predicted octanol–water partition coefficient (Wildman–Crippen LogP) is 1.43. The SMILES string of the molecule is COc1cc(Cl)nc(NC(=O)c2cnn(C)c2C)n1. The lowest BCUT2D eigenvalue weighted by Crippen LogP contribution is -2.15. The largest absolute Gasteiger partial charge is 0.481 e. The zero-order chi connectivity index (χ0) is 14.0. The van der Waals surface area contributed by atoms with E-state index in [0.29, 0.717) is 5.56 Å². The summed E-state index contributed by atoms with van der Waals surface area (Å²) in [7, 11) is 3.21. The Morgan fingerprint density at radius 2 is 2.21 bits per heavy atom. The van der Waals surface area contributed by atoms with Gasteiger partial charge in [-0.15, -0.1) is 0 Å². The van der Waals surface area contributed by atoms with Crippen LogP contribution >= 0.6 is 11.6 Å². The Kier molecular flexibility index (Phi) is 3.66. The molecule has 2 heterocycles. The average Bonchev–Trinajstić information content (AvgIpc) is 2.69. The van der Waals surface area contributed by atoms with Gasteiger partial charge >= 0.3 is 0 Å². The molecule has 0 aliphatic carbocycles. The molecule has 0 spiro atoms. The van der Waals surface area contributed by atoms with Crippen LogP contribution in [0.25, 0.3) is 0 Å². The summed E-state index contributed by atoms with van der Waals surface area (Å²) >= 11 is 5.79. The number of carbonyl (C=O) groups is 1. The van der Waals surface area contributed by atoms with Crippen molar-refractivity contribution < 1.29 is 9.53 Å². The molecule has 0 radical (unpaired) electrons. The minimum Gasteiger partial charge on any atom is -0.481 e. The molecule has 100 valence electrons. The smallest absolute Gasteiger partial charge is 0.261 e. The van der Waals surface area contributed by atoms with E-state index in [2.05, 4.69) is 20.4 Å². The summed E-state index contributed by atoms with van der Waals surface area (Å²) in [6.45, 7) is 1.79. The molecule has 0 aliphatic heterocycles. The van der Waals surface area contributed by atoms with Gasteiger partial charge < -0.3 is 4.74 Å². The lowest BCUT2D eigenvalue weighted by molar-refractivity contribution is 0.102. The van der Waals surface area contributed by atoms with Crippen molar-refractivity contribution in [2.24, 2.45) is 7.05 Å². The third kappa shape index (κ3) is 2.82. The predicted molar refractivity (Wildman–Crippen MR) is 69.5 cm³/mol. The van der Waals surface area contributed by atoms with Gasteiger partial charge in [-0.1, -0.05) is 11.6 Å². The van der Waals surface area contributed by atoms with Crippen LogP contribution < -0.4 is 10.1 Å². The number of aromatic nitrogens is 4. The Morgan fingerprint density at radius 3 is 2.79 bits per heavy atom. The van der Waals surface area contributed by atoms with Crippen molar-refractivity contribution in [1.82, 2.24) is 19.7 Å². The number of halogens is 1. The second-order valence-corrected chi connectivity index (χ2v) is 4.17. The Bertz CT molecular complexity index is 626. The highest BCUT2D eigenvalue weighted by molar-refractivity contribution is 6.29. The van der Waals surface area contributed by atoms with E-state index < -0.39 is 0 Å². The standard InChI is InChI=1S/C11H12ClN5O2/c1-6-7(5-13-17(6)2)10(18)16-11-14-8(12)4-9(15-11)19-3/h4-5H,1-3H3,(H,14,15,16,18). The van der Waals surface area contributed by atoms with Crippen molar-refractivity contribution in [3.8, 4) is 5.88 Å². The summed E-state index contributed by atoms with van der Waals surface area (Å²) in [5.41, 5.74) is 1.19. The molecule has 0 fully saturated rings. The topological polar surface area (TPSA) is 81.9 Å². The molecule has 0 bridgehead atoms. The molecule has 19 heavy (non-hydrogen) atoms. The monoisotopic (exact) mass is 281 g/mol. The number of hydrogen-bond donors (Lipinski definition) is 1. The quantitative estimate of drug-likeness (QED) is 0.861. The van der Waals surface area contributed by atoms with Crippen molar-refractivity contribution in [2.45, 2.75) is 6.92 Å². The molecule has 0 saturated heterocycles. The van der Waals surface area contributed by atoms with Crippen molar-refractivity contribution in [3.05, 3.63) is 28.7 Å². The summed E-state index contributed by atoms with van der Waals surface area (Å²) in [6, 6.07) is 1.45. The number of methoxy groups -OCH3 is 1. The van der Waals surface area contributed by atoms with Crippen LogP contribution in [0.5, 0.6) is 5.88 Å². The van der Waals surface area contributed by atoms with Crippen LogP contribution in [0.4, 0.5) is 5.95 Å². The number of carbonyl (C=O) groups excluding carboxylic acids is 1. The van der Waals surface area contributed by atoms with Crippen LogP contribution in [0.15, 0.2) is 12.3 Å². The van der Waals surface area contributed by atoms with Crippen molar-refractivity contribution in [2.75, 3.05) is 12.4 Å². The van der Waals surface area contributed by atoms with E-state index in [9.17, 15) is 4.79 Å². The maximum Gasteiger partial charge on any atom is 0.261 e. The lowest BCUT2D eigenvalue weighted by atomic mass is 10.2. The highest BCUT2D eigenvalue weighted by Crippen LogP contribution is 2.16. The molecular weight excluding hydrogens is 270 g/mol. The third-order valence-electron chi connectivity index (χ3n) is 2.59. The van der Waals surface area contributed by atoms with Gasteiger partial charge in [0.05, 0.1) is 18.9 Å². The molecular formula is C11H12ClN5O2. The lowest BCUT2D eigenvalue weighted by Gasteiger charge is -2.05. The molecule has 0 saturated carbocycles. The molecule has 0 unspecified atom stereocenters. The summed E-state index contributed by atoms with van der Waals surface area (Å²) in [6.07, 6.45) is 1.48. The molecule has 1 N–H and O–H groups in total. The second kappa shape index (κ2) is 5.23. The molecule has 2 rings (SSSR count). The number of ether oxygens (including phenoxy) is 1. The first kappa shape index (κ1) is 13.3. The van der Waals surface area contributed by atoms with E-state index in [0.717, 1.165) is 5.69 Å². The Balaban J connectivity index is 2.24. The van der Waals surface area contributed by atoms with E-state index in [4.69, 9.17) is 16.3 Å². The summed E-state index contributed by atoms with van der Waals surface area (Å²) < 4.78 is 6.55. The van der Waals surface area contributed by atoms with Crippen LogP contribution in [-0.4, -0.2) is 32.8 Å². The fourth-order valence-electron chi connectivity index (χ4n) is 1.45. The first-order valence-corrected chi connectivity index (χ1v) is 5.77. The van der Waals surface area contributed by atoms with Gasteiger partial charge in [-0.3, -0.25) is 14.8 Å². The van der Waals surface area contributed by atoms with Crippen LogP contribution in [-0.2, 0) is 7.05 Å². The Morgan fingerprint density at radius 1 is 1.47 bits per heavy atom. The minimum absolute atomic E-state index is 0.0811. The second-order valence-electron chi connectivity index (χ2n) is 3.78. The van der Waals surface area contributed by atoms with Gasteiger partial charge in [0.15, 0.2) is 0 Å². The number of anilines is 1. The fourth-order valence-corrected chi connectivity index (χ4v) is 1.62. The van der Waals surface area contributed by atoms with Gasteiger partial charge in [0.2, 0.25) is 11.8 Å². The van der Waals surface area contributed by atoms with E-state index >= 15 is 0 Å². The number of rotatable bonds is 3. The van der Waals surface area contributed by atoms with Crippen LogP contribution in [0.3, 0.4) is 0 Å². The highest BCUT2D eigenvalue weighted by Gasteiger charge is 2.15. The molecule has 0 aromatic carbocycles. The van der Waals surface area contributed by atoms with Crippen LogP contribution in [0.1, 0.15) is 16.1 Å². The third-order valence-corrected chi connectivity index (χ3v) is 2.78. The maximum absolute atomic E-state index is 12.0. The number of aryl methyl sites for hydroxylation is 1. The number of nitrogens with one attached hydrogen (secondary N) is 1. The van der Waals surface area contributed by atoms with Crippen LogP contribution in [0.2, 0.25) is 5.15 Å². The summed E-state index contributed by atoms with van der Waals surface area (Å²) in [5, 5.41) is 6.73. The number of nitrogens with zero attached hydrogens (tertiary/aromatic N) is 4. The van der Waals surface area contributed by atoms with Crippen LogP contribution in [0, 0.1) is 6.92 Å². The van der Waals surface area contributed by atoms with E-state index in [1.807, 2.05) is 0 Å².